The number of urea groups is 1. The molecule has 0 heterocycles. The zero-order valence-electron chi connectivity index (χ0n) is 19.4. The second-order valence-corrected chi connectivity index (χ2v) is 7.36. The summed E-state index contributed by atoms with van der Waals surface area (Å²) in [7, 11) is 0. The summed E-state index contributed by atoms with van der Waals surface area (Å²) in [5.41, 5.74) is 6.03. The van der Waals surface area contributed by atoms with E-state index in [9.17, 15) is 4.79 Å². The molecule has 0 bridgehead atoms. The van der Waals surface area contributed by atoms with Gasteiger partial charge in [-0.05, 0) is 73.5 Å². The topological polar surface area (TPSA) is 109 Å². The molecule has 3 aromatic rings. The first-order chi connectivity index (χ1) is 15.9. The predicted octanol–water partition coefficient (Wildman–Crippen LogP) is 5.96. The minimum atomic E-state index is -0.498. The summed E-state index contributed by atoms with van der Waals surface area (Å²) >= 11 is 0. The Balaban J connectivity index is 0.00000122. The number of carbonyl (C=O) groups excluding carboxylic acids is 1. The van der Waals surface area contributed by atoms with Gasteiger partial charge < -0.3 is 14.8 Å². The second-order valence-electron chi connectivity index (χ2n) is 7.36. The first kappa shape index (κ1) is 25.2. The average Bonchev–Trinajstić information content (AvgIpc) is 2.81. The molecule has 7 nitrogen and oxygen atoms in total. The number of anilines is 1. The molecule has 0 saturated heterocycles. The van der Waals surface area contributed by atoms with Crippen molar-refractivity contribution in [3.8, 4) is 23.3 Å². The first-order valence-corrected chi connectivity index (χ1v) is 10.7. The van der Waals surface area contributed by atoms with E-state index in [1.807, 2.05) is 44.2 Å². The van der Waals surface area contributed by atoms with Gasteiger partial charge >= 0.3 is 6.03 Å². The van der Waals surface area contributed by atoms with Crippen molar-refractivity contribution in [3.63, 3.8) is 0 Å². The normalized spacial score (nSPS) is 9.70. The monoisotopic (exact) mass is 446 g/mol. The summed E-state index contributed by atoms with van der Waals surface area (Å²) in [6.07, 6.45) is 1.25. The number of nitrogens with zero attached hydrogens (tertiary/aromatic N) is 1. The summed E-state index contributed by atoms with van der Waals surface area (Å²) < 4.78 is 11.8. The number of rotatable bonds is 6. The van der Waals surface area contributed by atoms with Crippen molar-refractivity contribution >= 4 is 11.7 Å². The Morgan fingerprint density at radius 3 is 2.27 bits per heavy atom. The van der Waals surface area contributed by atoms with Crippen LogP contribution in [-0.4, -0.2) is 6.03 Å². The van der Waals surface area contributed by atoms with Gasteiger partial charge in [0.05, 0.1) is 11.6 Å². The molecule has 0 aromatic heterocycles. The van der Waals surface area contributed by atoms with E-state index < -0.39 is 6.03 Å². The Kier molecular flexibility index (Phi) is 9.75. The van der Waals surface area contributed by atoms with Gasteiger partial charge in [0.1, 0.15) is 23.9 Å². The van der Waals surface area contributed by atoms with E-state index in [0.29, 0.717) is 28.5 Å². The number of amides is 2. The zero-order valence-corrected chi connectivity index (χ0v) is 19.4. The average molecular weight is 447 g/mol. The van der Waals surface area contributed by atoms with E-state index in [1.54, 1.807) is 30.3 Å². The number of benzene rings is 3. The Morgan fingerprint density at radius 1 is 1.00 bits per heavy atom. The van der Waals surface area contributed by atoms with Crippen molar-refractivity contribution < 1.29 is 14.3 Å². The Labute approximate surface area is 195 Å². The third-order valence-corrected chi connectivity index (χ3v) is 4.53. The Morgan fingerprint density at radius 2 is 1.67 bits per heavy atom. The molecule has 4 N–H and O–H groups in total. The summed E-state index contributed by atoms with van der Waals surface area (Å²) in [5.74, 6) is 7.18. The summed E-state index contributed by atoms with van der Waals surface area (Å²) in [6.45, 7) is 8.41. The molecule has 33 heavy (non-hydrogen) atoms. The minimum Gasteiger partial charge on any atom is -0.489 e. The number of hydrogen-bond donors (Lipinski definition) is 3. The lowest BCUT2D eigenvalue weighted by Crippen LogP contribution is -2.34. The molecule has 0 spiro atoms. The summed E-state index contributed by atoms with van der Waals surface area (Å²) in [5, 5.41) is 11.6. The van der Waals surface area contributed by atoms with E-state index in [0.717, 1.165) is 16.7 Å². The maximum atomic E-state index is 11.6. The van der Waals surface area contributed by atoms with Gasteiger partial charge in [0, 0.05) is 11.3 Å². The molecule has 0 aliphatic rings. The van der Waals surface area contributed by atoms with Crippen molar-refractivity contribution in [1.29, 1.82) is 5.26 Å². The number of hydrogen-bond acceptors (Lipinski definition) is 5. The molecule has 0 saturated carbocycles. The second kappa shape index (κ2) is 12.7. The molecule has 0 unspecified atom stereocenters. The molecule has 0 radical (unpaired) electrons. The lowest BCUT2D eigenvalue weighted by molar-refractivity contribution is 0.252. The van der Waals surface area contributed by atoms with Gasteiger partial charge in [0.2, 0.25) is 0 Å². The molecule has 0 aliphatic carbocycles. The molecule has 0 atom stereocenters. The first-order valence-electron chi connectivity index (χ1n) is 10.7. The molecule has 2 amide bonds. The van der Waals surface area contributed by atoms with Crippen molar-refractivity contribution in [2.75, 3.05) is 5.32 Å². The third-order valence-electron chi connectivity index (χ3n) is 4.53. The van der Waals surface area contributed by atoms with Gasteiger partial charge in [-0.25, -0.2) is 10.6 Å². The quantitative estimate of drug-likeness (QED) is 0.246. The number of carbonyl (C=O) groups is 1. The van der Waals surface area contributed by atoms with Gasteiger partial charge in [0.15, 0.2) is 0 Å². The molecule has 0 aliphatic heterocycles. The zero-order chi connectivity index (χ0) is 24.2. The molecular weight excluding hydrogens is 416 g/mol. The van der Waals surface area contributed by atoms with Gasteiger partial charge in [0.25, 0.3) is 0 Å². The number of nitrogens with two attached hydrogens (primary N) is 1. The molecule has 3 aromatic carbocycles. The van der Waals surface area contributed by atoms with Crippen LogP contribution in [0.4, 0.5) is 10.5 Å². The molecular formula is C26H30N4O3. The molecule has 172 valence electrons. The number of nitrogens with one attached hydrogen (secondary N) is 2. The van der Waals surface area contributed by atoms with Crippen molar-refractivity contribution in [1.82, 2.24) is 5.43 Å². The maximum Gasteiger partial charge on any atom is 0.333 e. The standard InChI is InChI=1S/C23H22N4O3.C3H8/c1-15-4-3-5-21(26-23(28)27-25)20(15)14-29-22-11-10-19(12-16(22)2)30-18-8-6-17(13-24)7-9-18;1-3-2/h3-12H,14,25H2,1-2H3,(H2,26,27,28);3H2,1-2H3. The highest BCUT2D eigenvalue weighted by atomic mass is 16.5. The van der Waals surface area contributed by atoms with E-state index in [4.69, 9.17) is 20.6 Å². The fraction of sp³-hybridized carbons (Fsp3) is 0.231. The fourth-order valence-corrected chi connectivity index (χ4v) is 2.90. The van der Waals surface area contributed by atoms with Crippen molar-refractivity contribution in [2.24, 2.45) is 5.84 Å². The van der Waals surface area contributed by atoms with Gasteiger partial charge in [-0.15, -0.1) is 0 Å². The van der Waals surface area contributed by atoms with Crippen LogP contribution >= 0.6 is 0 Å². The fourth-order valence-electron chi connectivity index (χ4n) is 2.90. The highest BCUT2D eigenvalue weighted by Gasteiger charge is 2.11. The van der Waals surface area contributed by atoms with Crippen LogP contribution in [0.15, 0.2) is 60.7 Å². The number of hydrazine groups is 1. The lowest BCUT2D eigenvalue weighted by Gasteiger charge is -2.16. The molecule has 7 heteroatoms. The van der Waals surface area contributed by atoms with Gasteiger partial charge in [-0.1, -0.05) is 32.4 Å². The smallest absolute Gasteiger partial charge is 0.333 e. The number of ether oxygens (including phenoxy) is 2. The minimum absolute atomic E-state index is 0.281. The Hall–Kier alpha value is -4.02. The SMILES string of the molecule is CCC.Cc1cc(Oc2ccc(C#N)cc2)ccc1OCc1c(C)cccc1NC(=O)NN. The van der Waals surface area contributed by atoms with Crippen LogP contribution in [0.25, 0.3) is 0 Å². The number of nitriles is 1. The highest BCUT2D eigenvalue weighted by Crippen LogP contribution is 2.29. The largest absolute Gasteiger partial charge is 0.489 e. The van der Waals surface area contributed by atoms with Crippen LogP contribution in [-0.2, 0) is 6.61 Å². The summed E-state index contributed by atoms with van der Waals surface area (Å²) in [4.78, 5) is 11.6. The van der Waals surface area contributed by atoms with Crippen LogP contribution in [0.3, 0.4) is 0 Å². The van der Waals surface area contributed by atoms with E-state index >= 15 is 0 Å². The predicted molar refractivity (Wildman–Crippen MR) is 130 cm³/mol. The number of aryl methyl sites for hydroxylation is 2. The van der Waals surface area contributed by atoms with Crippen LogP contribution in [0, 0.1) is 25.2 Å². The van der Waals surface area contributed by atoms with E-state index in [2.05, 4.69) is 30.7 Å². The molecule has 0 fully saturated rings. The third kappa shape index (κ3) is 7.56. The highest BCUT2D eigenvalue weighted by molar-refractivity contribution is 5.89. The van der Waals surface area contributed by atoms with Crippen molar-refractivity contribution in [3.05, 3.63) is 82.9 Å². The van der Waals surface area contributed by atoms with Crippen LogP contribution in [0.5, 0.6) is 17.2 Å². The van der Waals surface area contributed by atoms with E-state index in [1.165, 1.54) is 6.42 Å². The van der Waals surface area contributed by atoms with Crippen LogP contribution < -0.4 is 26.1 Å². The maximum absolute atomic E-state index is 11.6. The molecule has 3 rings (SSSR count). The lowest BCUT2D eigenvalue weighted by atomic mass is 10.1. The van der Waals surface area contributed by atoms with Crippen molar-refractivity contribution in [2.45, 2.75) is 40.7 Å². The van der Waals surface area contributed by atoms with Crippen LogP contribution in [0.1, 0.15) is 42.5 Å². The Bertz CT molecular complexity index is 1110. The van der Waals surface area contributed by atoms with Crippen LogP contribution in [0.2, 0.25) is 0 Å². The van der Waals surface area contributed by atoms with E-state index in [-0.39, 0.29) is 6.61 Å². The van der Waals surface area contributed by atoms with Gasteiger partial charge in [-0.2, -0.15) is 5.26 Å². The van der Waals surface area contributed by atoms with Gasteiger partial charge in [-0.3, -0.25) is 5.43 Å². The summed E-state index contributed by atoms with van der Waals surface area (Å²) in [6, 6.07) is 19.6.